The predicted octanol–water partition coefficient (Wildman–Crippen LogP) is 2.80. The molecule has 2 amide bonds. The molecule has 170 valence electrons. The van der Waals surface area contributed by atoms with Crippen molar-refractivity contribution < 1.29 is 19.1 Å². The van der Waals surface area contributed by atoms with E-state index >= 15 is 0 Å². The number of rotatable bonds is 7. The molecule has 0 aromatic heterocycles. The van der Waals surface area contributed by atoms with E-state index in [1.165, 1.54) is 0 Å². The van der Waals surface area contributed by atoms with Gasteiger partial charge in [-0.05, 0) is 47.9 Å². The number of benzene rings is 2. The quantitative estimate of drug-likeness (QED) is 0.721. The molecule has 1 fully saturated rings. The van der Waals surface area contributed by atoms with E-state index in [0.29, 0.717) is 38.3 Å². The molecule has 2 aromatic rings. The van der Waals surface area contributed by atoms with Gasteiger partial charge >= 0.3 is 0 Å². The number of ether oxygens (including phenoxy) is 2. The number of nitrogens with one attached hydrogen (secondary N) is 1. The Morgan fingerprint density at radius 2 is 1.84 bits per heavy atom. The van der Waals surface area contributed by atoms with Gasteiger partial charge in [-0.1, -0.05) is 19.1 Å². The minimum absolute atomic E-state index is 0.0563. The van der Waals surface area contributed by atoms with Crippen LogP contribution in [0.2, 0.25) is 0 Å². The number of nitrogens with zero attached hydrogens (tertiary/aromatic N) is 2. The summed E-state index contributed by atoms with van der Waals surface area (Å²) in [4.78, 5) is 29.3. The Labute approximate surface area is 189 Å². The van der Waals surface area contributed by atoms with E-state index in [1.807, 2.05) is 42.2 Å². The number of amides is 2. The van der Waals surface area contributed by atoms with E-state index in [9.17, 15) is 9.59 Å². The molecule has 4 rings (SSSR count). The molecule has 32 heavy (non-hydrogen) atoms. The third-order valence-corrected chi connectivity index (χ3v) is 6.28. The van der Waals surface area contributed by atoms with Gasteiger partial charge in [0.2, 0.25) is 5.91 Å². The first kappa shape index (κ1) is 22.3. The molecule has 2 heterocycles. The van der Waals surface area contributed by atoms with Crippen molar-refractivity contribution >= 4 is 17.5 Å². The molecule has 0 spiro atoms. The molecule has 0 aliphatic carbocycles. The Kier molecular flexibility index (Phi) is 7.07. The number of anilines is 1. The summed E-state index contributed by atoms with van der Waals surface area (Å²) in [5.74, 6) is 0.834. The van der Waals surface area contributed by atoms with E-state index in [0.717, 1.165) is 42.1 Å². The molecule has 2 aliphatic heterocycles. The zero-order valence-corrected chi connectivity index (χ0v) is 18.8. The first-order valence-corrected chi connectivity index (χ1v) is 11.3. The molecule has 1 unspecified atom stereocenters. The average molecular weight is 438 g/mol. The van der Waals surface area contributed by atoms with Crippen molar-refractivity contribution in [3.63, 3.8) is 0 Å². The third kappa shape index (κ3) is 4.79. The minimum Gasteiger partial charge on any atom is -0.497 e. The Bertz CT molecular complexity index is 954. The van der Waals surface area contributed by atoms with Gasteiger partial charge in [-0.3, -0.25) is 14.5 Å². The normalized spacial score (nSPS) is 17.0. The number of hydrogen-bond donors (Lipinski definition) is 1. The molecule has 0 radical (unpaired) electrons. The third-order valence-electron chi connectivity index (χ3n) is 6.28. The van der Waals surface area contributed by atoms with Crippen LogP contribution in [0.1, 0.15) is 40.9 Å². The number of morpholine rings is 1. The second-order valence-corrected chi connectivity index (χ2v) is 8.14. The number of carbonyl (C=O) groups is 2. The van der Waals surface area contributed by atoms with E-state index in [1.54, 1.807) is 7.11 Å². The van der Waals surface area contributed by atoms with Crippen molar-refractivity contribution in [1.82, 2.24) is 10.2 Å². The van der Waals surface area contributed by atoms with E-state index in [2.05, 4.69) is 22.3 Å². The summed E-state index contributed by atoms with van der Waals surface area (Å²) in [5.41, 5.74) is 3.75. The maximum absolute atomic E-state index is 13.0. The summed E-state index contributed by atoms with van der Waals surface area (Å²) in [5, 5.41) is 3.13. The van der Waals surface area contributed by atoms with Gasteiger partial charge in [0, 0.05) is 43.9 Å². The zero-order chi connectivity index (χ0) is 22.5. The van der Waals surface area contributed by atoms with Crippen LogP contribution in [0.25, 0.3) is 0 Å². The Hall–Kier alpha value is -2.90. The first-order chi connectivity index (χ1) is 15.6. The lowest BCUT2D eigenvalue weighted by Crippen LogP contribution is -2.43. The van der Waals surface area contributed by atoms with Crippen molar-refractivity contribution in [3.05, 3.63) is 59.2 Å². The molecule has 7 nitrogen and oxygen atoms in total. The van der Waals surface area contributed by atoms with Crippen LogP contribution in [-0.4, -0.2) is 63.2 Å². The Morgan fingerprint density at radius 3 is 2.53 bits per heavy atom. The van der Waals surface area contributed by atoms with Crippen molar-refractivity contribution in [3.8, 4) is 5.75 Å². The van der Waals surface area contributed by atoms with Gasteiger partial charge in [-0.2, -0.15) is 0 Å². The lowest BCUT2D eigenvalue weighted by Gasteiger charge is -2.35. The summed E-state index contributed by atoms with van der Waals surface area (Å²) in [6, 6.07) is 13.7. The summed E-state index contributed by atoms with van der Waals surface area (Å²) in [6.07, 6.45) is 1.26. The second-order valence-electron chi connectivity index (χ2n) is 8.14. The number of methoxy groups -OCH3 is 1. The van der Waals surface area contributed by atoms with E-state index in [-0.39, 0.29) is 17.9 Å². The van der Waals surface area contributed by atoms with Gasteiger partial charge in [-0.15, -0.1) is 0 Å². The number of fused-ring (bicyclic) bond motifs is 1. The fourth-order valence-electron chi connectivity index (χ4n) is 4.46. The molecule has 2 aliphatic rings. The molecule has 0 saturated carbocycles. The second kappa shape index (κ2) is 10.1. The monoisotopic (exact) mass is 437 g/mol. The smallest absolute Gasteiger partial charge is 0.251 e. The van der Waals surface area contributed by atoms with Gasteiger partial charge < -0.3 is 19.7 Å². The largest absolute Gasteiger partial charge is 0.497 e. The maximum Gasteiger partial charge on any atom is 0.251 e. The predicted molar refractivity (Wildman–Crippen MR) is 123 cm³/mol. The highest BCUT2D eigenvalue weighted by molar-refractivity contribution is 5.98. The fourth-order valence-corrected chi connectivity index (χ4v) is 4.46. The summed E-state index contributed by atoms with van der Waals surface area (Å²) in [6.45, 7) is 6.10. The molecular formula is C25H31N3O4. The highest BCUT2D eigenvalue weighted by Crippen LogP contribution is 2.29. The van der Waals surface area contributed by atoms with Crippen LogP contribution in [0.3, 0.4) is 0 Å². The lowest BCUT2D eigenvalue weighted by atomic mass is 10.0. The van der Waals surface area contributed by atoms with Gasteiger partial charge in [-0.25, -0.2) is 0 Å². The van der Waals surface area contributed by atoms with Crippen LogP contribution in [0.4, 0.5) is 5.69 Å². The van der Waals surface area contributed by atoms with Crippen LogP contribution in [0, 0.1) is 0 Å². The molecular weight excluding hydrogens is 406 g/mol. The Morgan fingerprint density at radius 1 is 1.09 bits per heavy atom. The van der Waals surface area contributed by atoms with Crippen molar-refractivity contribution in [2.24, 2.45) is 0 Å². The van der Waals surface area contributed by atoms with Crippen LogP contribution in [0.5, 0.6) is 5.75 Å². The maximum atomic E-state index is 13.0. The number of carbonyl (C=O) groups excluding carboxylic acids is 2. The topological polar surface area (TPSA) is 71.1 Å². The fraction of sp³-hybridized carbons (Fsp3) is 0.440. The molecule has 1 N–H and O–H groups in total. The molecule has 1 saturated heterocycles. The van der Waals surface area contributed by atoms with Crippen LogP contribution >= 0.6 is 0 Å². The van der Waals surface area contributed by atoms with Gasteiger partial charge in [0.1, 0.15) is 5.75 Å². The first-order valence-electron chi connectivity index (χ1n) is 11.3. The standard InChI is InChI=1S/C25H31N3O4/c1-3-24(29)28-11-10-19-16-20(6-9-22(19)28)25(30)26-17-23(27-12-14-32-15-13-27)18-4-7-21(31-2)8-5-18/h4-9,16,23H,3,10-15,17H2,1-2H3,(H,26,30). The lowest BCUT2D eigenvalue weighted by molar-refractivity contribution is -0.118. The van der Waals surface area contributed by atoms with Crippen LogP contribution in [0.15, 0.2) is 42.5 Å². The van der Waals surface area contributed by atoms with Crippen LogP contribution in [-0.2, 0) is 16.0 Å². The Balaban J connectivity index is 1.46. The molecule has 0 bridgehead atoms. The van der Waals surface area contributed by atoms with Crippen LogP contribution < -0.4 is 15.0 Å². The highest BCUT2D eigenvalue weighted by Gasteiger charge is 2.26. The number of hydrogen-bond acceptors (Lipinski definition) is 5. The van der Waals surface area contributed by atoms with Crippen molar-refractivity contribution in [2.45, 2.75) is 25.8 Å². The summed E-state index contributed by atoms with van der Waals surface area (Å²) in [7, 11) is 1.66. The van der Waals surface area contributed by atoms with Gasteiger partial charge in [0.25, 0.3) is 5.91 Å². The molecule has 1 atom stereocenters. The summed E-state index contributed by atoms with van der Waals surface area (Å²) >= 11 is 0. The SMILES string of the molecule is CCC(=O)N1CCc2cc(C(=O)NCC(c3ccc(OC)cc3)N3CCOCC3)ccc21. The highest BCUT2D eigenvalue weighted by atomic mass is 16.5. The average Bonchev–Trinajstić information content (AvgIpc) is 3.28. The minimum atomic E-state index is -0.0974. The van der Waals surface area contributed by atoms with Crippen molar-refractivity contribution in [1.29, 1.82) is 0 Å². The van der Waals surface area contributed by atoms with Gasteiger partial charge in [0.05, 0.1) is 26.4 Å². The molecule has 7 heteroatoms. The summed E-state index contributed by atoms with van der Waals surface area (Å²) < 4.78 is 10.8. The van der Waals surface area contributed by atoms with Crippen molar-refractivity contribution in [2.75, 3.05) is 51.4 Å². The van der Waals surface area contributed by atoms with E-state index in [4.69, 9.17) is 9.47 Å². The van der Waals surface area contributed by atoms with E-state index < -0.39 is 0 Å². The zero-order valence-electron chi connectivity index (χ0n) is 18.8. The molecule has 2 aromatic carbocycles. The van der Waals surface area contributed by atoms with Gasteiger partial charge in [0.15, 0.2) is 0 Å².